The van der Waals surface area contributed by atoms with Crippen LogP contribution in [0.25, 0.3) is 0 Å². The monoisotopic (exact) mass is 667 g/mol. The van der Waals surface area contributed by atoms with Crippen LogP contribution in [0.5, 0.6) is 11.5 Å². The van der Waals surface area contributed by atoms with Crippen molar-refractivity contribution in [3.05, 3.63) is 118 Å². The summed E-state index contributed by atoms with van der Waals surface area (Å²) in [5.74, 6) is -0.222. The molecule has 0 aliphatic carbocycles. The molecule has 0 bridgehead atoms. The molecule has 1 heterocycles. The third-order valence-electron chi connectivity index (χ3n) is 7.30. The number of fused-ring (bicyclic) bond motifs is 1. The van der Waals surface area contributed by atoms with Crippen LogP contribution in [-0.4, -0.2) is 58.0 Å². The SMILES string of the molecule is CNC(=O)[C@H](Cc1ccccc1)N(Cc1ccc(Cl)cc1Cl)C(=O)CN(c1ccc2c(c1)OCCO2)S(=O)(=O)c1ccccc1. The minimum Gasteiger partial charge on any atom is -0.486 e. The highest BCUT2D eigenvalue weighted by Crippen LogP contribution is 2.36. The zero-order chi connectivity index (χ0) is 32.0. The lowest BCUT2D eigenvalue weighted by atomic mass is 10.0. The Bertz CT molecular complexity index is 1770. The van der Waals surface area contributed by atoms with Gasteiger partial charge in [-0.15, -0.1) is 0 Å². The van der Waals surface area contributed by atoms with Gasteiger partial charge in [-0.3, -0.25) is 13.9 Å². The Labute approximate surface area is 272 Å². The molecule has 0 unspecified atom stereocenters. The number of carbonyl (C=O) groups is 2. The summed E-state index contributed by atoms with van der Waals surface area (Å²) in [6.07, 6.45) is 0.174. The number of halogens is 2. The number of rotatable bonds is 11. The average Bonchev–Trinajstić information content (AvgIpc) is 3.06. The summed E-state index contributed by atoms with van der Waals surface area (Å²) in [7, 11) is -2.78. The Balaban J connectivity index is 1.58. The van der Waals surface area contributed by atoms with Crippen LogP contribution in [-0.2, 0) is 32.6 Å². The summed E-state index contributed by atoms with van der Waals surface area (Å²) in [5, 5.41) is 3.37. The number of sulfonamides is 1. The predicted molar refractivity (Wildman–Crippen MR) is 173 cm³/mol. The van der Waals surface area contributed by atoms with E-state index in [1.54, 1.807) is 48.5 Å². The number of nitrogens with zero attached hydrogens (tertiary/aromatic N) is 2. The Hall–Kier alpha value is -4.25. The van der Waals surface area contributed by atoms with Crippen molar-refractivity contribution in [2.45, 2.75) is 23.9 Å². The van der Waals surface area contributed by atoms with Gasteiger partial charge in [0.05, 0.1) is 10.6 Å². The number of nitrogens with one attached hydrogen (secondary N) is 1. The van der Waals surface area contributed by atoms with Gasteiger partial charge in [0, 0.05) is 36.1 Å². The van der Waals surface area contributed by atoms with Crippen LogP contribution in [0.4, 0.5) is 5.69 Å². The van der Waals surface area contributed by atoms with Crippen molar-refractivity contribution in [2.24, 2.45) is 0 Å². The molecule has 2 amide bonds. The topological polar surface area (TPSA) is 105 Å². The highest BCUT2D eigenvalue weighted by atomic mass is 35.5. The summed E-state index contributed by atoms with van der Waals surface area (Å²) >= 11 is 12.7. The molecule has 9 nitrogen and oxygen atoms in total. The summed E-state index contributed by atoms with van der Waals surface area (Å²) < 4.78 is 40.6. The van der Waals surface area contributed by atoms with Crippen molar-refractivity contribution in [3.63, 3.8) is 0 Å². The Morgan fingerprint density at radius 1 is 0.867 bits per heavy atom. The van der Waals surface area contributed by atoms with Crippen molar-refractivity contribution in [1.82, 2.24) is 10.2 Å². The first-order valence-electron chi connectivity index (χ1n) is 14.1. The van der Waals surface area contributed by atoms with Crippen LogP contribution >= 0.6 is 23.2 Å². The Kier molecular flexibility index (Phi) is 10.2. The van der Waals surface area contributed by atoms with E-state index in [-0.39, 0.29) is 23.5 Å². The number of benzene rings is 4. The van der Waals surface area contributed by atoms with Crippen molar-refractivity contribution in [1.29, 1.82) is 0 Å². The van der Waals surface area contributed by atoms with Gasteiger partial charge in [0.15, 0.2) is 11.5 Å². The lowest BCUT2D eigenvalue weighted by Gasteiger charge is -2.34. The molecule has 0 fully saturated rings. The van der Waals surface area contributed by atoms with Gasteiger partial charge in [-0.25, -0.2) is 8.42 Å². The van der Waals surface area contributed by atoms with E-state index in [1.807, 2.05) is 30.3 Å². The maximum absolute atomic E-state index is 14.4. The van der Waals surface area contributed by atoms with Crippen LogP contribution in [0.1, 0.15) is 11.1 Å². The number of anilines is 1. The van der Waals surface area contributed by atoms with Gasteiger partial charge >= 0.3 is 0 Å². The molecule has 0 aromatic heterocycles. The largest absolute Gasteiger partial charge is 0.486 e. The average molecular weight is 669 g/mol. The van der Waals surface area contributed by atoms with E-state index in [1.165, 1.54) is 30.1 Å². The number of carbonyl (C=O) groups excluding carboxylic acids is 2. The van der Waals surface area contributed by atoms with E-state index in [4.69, 9.17) is 32.7 Å². The number of hydrogen-bond donors (Lipinski definition) is 1. The summed E-state index contributed by atoms with van der Waals surface area (Å²) in [6, 6.07) is 25.6. The highest BCUT2D eigenvalue weighted by Gasteiger charge is 2.35. The fourth-order valence-electron chi connectivity index (χ4n) is 4.99. The predicted octanol–water partition coefficient (Wildman–Crippen LogP) is 5.35. The molecular weight excluding hydrogens is 637 g/mol. The molecule has 1 N–H and O–H groups in total. The lowest BCUT2D eigenvalue weighted by Crippen LogP contribution is -2.53. The van der Waals surface area contributed by atoms with E-state index in [2.05, 4.69) is 5.32 Å². The second-order valence-corrected chi connectivity index (χ2v) is 12.9. The van der Waals surface area contributed by atoms with E-state index in [0.29, 0.717) is 40.3 Å². The van der Waals surface area contributed by atoms with Gasteiger partial charge in [-0.1, -0.05) is 77.8 Å². The fraction of sp³-hybridized carbons (Fsp3) is 0.212. The van der Waals surface area contributed by atoms with Crippen LogP contribution < -0.4 is 19.1 Å². The Morgan fingerprint density at radius 2 is 1.53 bits per heavy atom. The van der Waals surface area contributed by atoms with E-state index < -0.39 is 34.4 Å². The molecule has 234 valence electrons. The molecule has 12 heteroatoms. The molecule has 45 heavy (non-hydrogen) atoms. The van der Waals surface area contributed by atoms with Gasteiger partial charge < -0.3 is 19.7 Å². The van der Waals surface area contributed by atoms with Gasteiger partial charge in [-0.05, 0) is 47.5 Å². The summed E-state index contributed by atoms with van der Waals surface area (Å²) in [5.41, 5.74) is 1.54. The third kappa shape index (κ3) is 7.53. The van der Waals surface area contributed by atoms with E-state index in [0.717, 1.165) is 9.87 Å². The van der Waals surface area contributed by atoms with Crippen molar-refractivity contribution < 1.29 is 27.5 Å². The fourth-order valence-corrected chi connectivity index (χ4v) is 6.88. The van der Waals surface area contributed by atoms with Crippen molar-refractivity contribution in [3.8, 4) is 11.5 Å². The molecule has 0 saturated carbocycles. The first-order chi connectivity index (χ1) is 21.7. The summed E-state index contributed by atoms with van der Waals surface area (Å²) in [6.45, 7) is -0.0460. The molecule has 1 aliphatic heterocycles. The minimum absolute atomic E-state index is 0.00729. The van der Waals surface area contributed by atoms with Gasteiger partial charge in [0.2, 0.25) is 11.8 Å². The van der Waals surface area contributed by atoms with Crippen LogP contribution in [0.15, 0.2) is 102 Å². The first kappa shape index (κ1) is 32.2. The van der Waals surface area contributed by atoms with Crippen LogP contribution in [0.2, 0.25) is 10.0 Å². The number of hydrogen-bond acceptors (Lipinski definition) is 6. The molecule has 1 aliphatic rings. The van der Waals surface area contributed by atoms with Crippen molar-refractivity contribution >= 4 is 50.7 Å². The number of likely N-dealkylation sites (N-methyl/N-ethyl adjacent to an activating group) is 1. The van der Waals surface area contributed by atoms with Crippen molar-refractivity contribution in [2.75, 3.05) is 31.1 Å². The normalized spacial score (nSPS) is 13.0. The number of ether oxygens (including phenoxy) is 2. The second kappa shape index (κ2) is 14.2. The molecule has 4 aromatic carbocycles. The quantitative estimate of drug-likeness (QED) is 0.231. The zero-order valence-corrected chi connectivity index (χ0v) is 26.7. The maximum Gasteiger partial charge on any atom is 0.264 e. The Morgan fingerprint density at radius 3 is 2.20 bits per heavy atom. The summed E-state index contributed by atoms with van der Waals surface area (Å²) in [4.78, 5) is 29.2. The molecule has 0 saturated heterocycles. The third-order valence-corrected chi connectivity index (χ3v) is 9.67. The molecule has 0 radical (unpaired) electrons. The van der Waals surface area contributed by atoms with E-state index >= 15 is 0 Å². The van der Waals surface area contributed by atoms with Crippen LogP contribution in [0, 0.1) is 0 Å². The second-order valence-electron chi connectivity index (χ2n) is 10.2. The highest BCUT2D eigenvalue weighted by molar-refractivity contribution is 7.92. The standard InChI is InChI=1S/C33H31Cl2N3O6S/c1-36-33(40)29(18-23-8-4-2-5-9-23)37(21-24-12-13-25(34)19-28(24)35)32(39)22-38(45(41,42)27-10-6-3-7-11-27)26-14-15-30-31(20-26)44-17-16-43-30/h2-15,19-20,29H,16-18,21-22H2,1H3,(H,36,40)/t29-/m0/s1. The molecule has 4 aromatic rings. The lowest BCUT2D eigenvalue weighted by molar-refractivity contribution is -0.139. The van der Waals surface area contributed by atoms with Gasteiger partial charge in [0.25, 0.3) is 10.0 Å². The minimum atomic E-state index is -4.26. The molecule has 5 rings (SSSR count). The molecule has 1 atom stereocenters. The zero-order valence-electron chi connectivity index (χ0n) is 24.4. The first-order valence-corrected chi connectivity index (χ1v) is 16.3. The van der Waals surface area contributed by atoms with Gasteiger partial charge in [-0.2, -0.15) is 0 Å². The van der Waals surface area contributed by atoms with E-state index in [9.17, 15) is 18.0 Å². The maximum atomic E-state index is 14.4. The molecular formula is C33H31Cl2N3O6S. The smallest absolute Gasteiger partial charge is 0.264 e. The van der Waals surface area contributed by atoms with Gasteiger partial charge in [0.1, 0.15) is 25.8 Å². The van der Waals surface area contributed by atoms with Crippen LogP contribution in [0.3, 0.4) is 0 Å². The number of amides is 2. The molecule has 0 spiro atoms.